The van der Waals surface area contributed by atoms with Crippen LogP contribution in [0.5, 0.6) is 0 Å². The molecular weight excluding hydrogens is 312 g/mol. The number of nitrogens with zero attached hydrogens (tertiary/aromatic N) is 4. The lowest BCUT2D eigenvalue weighted by Gasteiger charge is -2.41. The quantitative estimate of drug-likeness (QED) is 0.738. The number of hydrogen-bond acceptors (Lipinski definition) is 6. The molecule has 2 aromatic rings. The molecule has 0 amide bonds. The van der Waals surface area contributed by atoms with Gasteiger partial charge in [0.05, 0.1) is 5.69 Å². The fourth-order valence-corrected chi connectivity index (χ4v) is 2.23. The van der Waals surface area contributed by atoms with E-state index >= 15 is 0 Å². The number of anilines is 2. The molecule has 0 aromatic carbocycles. The lowest BCUT2D eigenvalue weighted by molar-refractivity contribution is -0.140. The predicted octanol–water partition coefficient (Wildman–Crippen LogP) is 1.65. The SMILES string of the molecule is C[C@@H](C(=O)O)N(c1ccncc1)N(c1ccccn1)[C@@H](C)C(=O)O. The smallest absolute Gasteiger partial charge is 0.328 e. The van der Waals surface area contributed by atoms with Crippen LogP contribution in [0.1, 0.15) is 13.8 Å². The van der Waals surface area contributed by atoms with Crippen molar-refractivity contribution >= 4 is 23.4 Å². The lowest BCUT2D eigenvalue weighted by atomic mass is 10.2. The fourth-order valence-electron chi connectivity index (χ4n) is 2.23. The number of carboxylic acids is 2. The second-order valence-electron chi connectivity index (χ2n) is 5.11. The van der Waals surface area contributed by atoms with E-state index in [1.165, 1.54) is 42.5 Å². The number of carboxylic acid groups (broad SMARTS) is 2. The van der Waals surface area contributed by atoms with Crippen LogP contribution in [0, 0.1) is 0 Å². The summed E-state index contributed by atoms with van der Waals surface area (Å²) >= 11 is 0. The van der Waals surface area contributed by atoms with Gasteiger partial charge in [0.15, 0.2) is 0 Å². The number of rotatable bonds is 7. The Morgan fingerprint density at radius 1 is 0.917 bits per heavy atom. The summed E-state index contributed by atoms with van der Waals surface area (Å²) in [5.41, 5.74) is 0.499. The Hall–Kier alpha value is -3.16. The molecule has 2 atom stereocenters. The minimum atomic E-state index is -1.10. The van der Waals surface area contributed by atoms with Gasteiger partial charge in [-0.1, -0.05) is 6.07 Å². The normalized spacial score (nSPS) is 12.9. The van der Waals surface area contributed by atoms with Gasteiger partial charge in [-0.2, -0.15) is 0 Å². The molecule has 8 nitrogen and oxygen atoms in total. The van der Waals surface area contributed by atoms with Crippen LogP contribution in [0.4, 0.5) is 11.5 Å². The van der Waals surface area contributed by atoms with Gasteiger partial charge in [-0.05, 0) is 38.1 Å². The van der Waals surface area contributed by atoms with E-state index in [1.54, 1.807) is 30.3 Å². The number of aliphatic carboxylic acids is 2. The molecule has 2 N–H and O–H groups in total. The van der Waals surface area contributed by atoms with Crippen LogP contribution in [0.3, 0.4) is 0 Å². The van der Waals surface area contributed by atoms with Crippen LogP contribution in [0.15, 0.2) is 48.9 Å². The minimum Gasteiger partial charge on any atom is -0.480 e. The van der Waals surface area contributed by atoms with E-state index in [9.17, 15) is 19.8 Å². The maximum absolute atomic E-state index is 11.6. The van der Waals surface area contributed by atoms with E-state index in [1.807, 2.05) is 0 Å². The van der Waals surface area contributed by atoms with Crippen molar-refractivity contribution in [1.82, 2.24) is 9.97 Å². The molecule has 0 saturated heterocycles. The molecule has 0 saturated carbocycles. The first-order chi connectivity index (χ1) is 11.4. The number of hydrogen-bond donors (Lipinski definition) is 2. The average Bonchev–Trinajstić information content (AvgIpc) is 2.59. The average molecular weight is 330 g/mol. The van der Waals surface area contributed by atoms with Crippen molar-refractivity contribution in [2.75, 3.05) is 10.0 Å². The van der Waals surface area contributed by atoms with Crippen molar-refractivity contribution < 1.29 is 19.8 Å². The third-order valence-corrected chi connectivity index (χ3v) is 3.49. The highest BCUT2D eigenvalue weighted by atomic mass is 16.4. The molecule has 0 unspecified atom stereocenters. The Morgan fingerprint density at radius 2 is 1.50 bits per heavy atom. The van der Waals surface area contributed by atoms with E-state index < -0.39 is 24.0 Å². The van der Waals surface area contributed by atoms with Gasteiger partial charge in [-0.25, -0.2) is 14.6 Å². The van der Waals surface area contributed by atoms with Gasteiger partial charge in [-0.3, -0.25) is 15.0 Å². The van der Waals surface area contributed by atoms with Gasteiger partial charge in [0.1, 0.15) is 17.9 Å². The van der Waals surface area contributed by atoms with Crippen LogP contribution in [-0.4, -0.2) is 44.2 Å². The van der Waals surface area contributed by atoms with Gasteiger partial charge >= 0.3 is 11.9 Å². The van der Waals surface area contributed by atoms with Crippen molar-refractivity contribution in [1.29, 1.82) is 0 Å². The lowest BCUT2D eigenvalue weighted by Crippen LogP contribution is -2.57. The standard InChI is InChI=1S/C16H18N4O4/c1-11(15(21)22)19(13-6-9-17-10-7-13)20(12(2)16(23)24)14-5-3-4-8-18-14/h3-12H,1-2H3,(H,21,22)(H,23,24)/t11-,12-/m0/s1. The van der Waals surface area contributed by atoms with Crippen molar-refractivity contribution in [3.05, 3.63) is 48.9 Å². The zero-order valence-electron chi connectivity index (χ0n) is 13.3. The van der Waals surface area contributed by atoms with Crippen molar-refractivity contribution in [3.63, 3.8) is 0 Å². The second kappa shape index (κ2) is 7.40. The third-order valence-electron chi connectivity index (χ3n) is 3.49. The Kier molecular flexibility index (Phi) is 5.31. The van der Waals surface area contributed by atoms with Crippen molar-refractivity contribution in [3.8, 4) is 0 Å². The summed E-state index contributed by atoms with van der Waals surface area (Å²) in [6, 6.07) is 6.21. The molecule has 0 aliphatic rings. The molecule has 0 spiro atoms. The van der Waals surface area contributed by atoms with Gasteiger partial charge in [-0.15, -0.1) is 0 Å². The summed E-state index contributed by atoms with van der Waals surface area (Å²) in [7, 11) is 0. The van der Waals surface area contributed by atoms with E-state index in [0.29, 0.717) is 11.5 Å². The van der Waals surface area contributed by atoms with Crippen LogP contribution < -0.4 is 10.0 Å². The number of pyridine rings is 2. The molecular formula is C16H18N4O4. The van der Waals surface area contributed by atoms with E-state index in [2.05, 4.69) is 9.97 Å². The minimum absolute atomic E-state index is 0.331. The summed E-state index contributed by atoms with van der Waals surface area (Å²) in [6.07, 6.45) is 4.55. The molecule has 2 rings (SSSR count). The van der Waals surface area contributed by atoms with Crippen LogP contribution in [0.25, 0.3) is 0 Å². The van der Waals surface area contributed by atoms with Crippen molar-refractivity contribution in [2.24, 2.45) is 0 Å². The summed E-state index contributed by atoms with van der Waals surface area (Å²) in [6.45, 7) is 2.95. The Labute approximate surface area is 139 Å². The molecule has 24 heavy (non-hydrogen) atoms. The van der Waals surface area contributed by atoms with Crippen LogP contribution >= 0.6 is 0 Å². The van der Waals surface area contributed by atoms with Crippen molar-refractivity contribution in [2.45, 2.75) is 25.9 Å². The predicted molar refractivity (Wildman–Crippen MR) is 87.6 cm³/mol. The summed E-state index contributed by atoms with van der Waals surface area (Å²) < 4.78 is 0. The number of aromatic nitrogens is 2. The first-order valence-electron chi connectivity index (χ1n) is 7.28. The fraction of sp³-hybridized carbons (Fsp3) is 0.250. The molecule has 126 valence electrons. The molecule has 0 fully saturated rings. The van der Waals surface area contributed by atoms with E-state index in [4.69, 9.17) is 0 Å². The first kappa shape index (κ1) is 17.2. The highest BCUT2D eigenvalue weighted by Crippen LogP contribution is 2.25. The second-order valence-corrected chi connectivity index (χ2v) is 5.11. The monoisotopic (exact) mass is 330 g/mol. The Bertz CT molecular complexity index is 634. The third kappa shape index (κ3) is 3.60. The highest BCUT2D eigenvalue weighted by Gasteiger charge is 2.34. The molecule has 2 aromatic heterocycles. The van der Waals surface area contributed by atoms with Gasteiger partial charge in [0.25, 0.3) is 0 Å². The van der Waals surface area contributed by atoms with Gasteiger partial charge in [0.2, 0.25) is 0 Å². The highest BCUT2D eigenvalue weighted by molar-refractivity contribution is 5.83. The van der Waals surface area contributed by atoms with E-state index in [0.717, 1.165) is 0 Å². The first-order valence-corrected chi connectivity index (χ1v) is 7.28. The van der Waals surface area contributed by atoms with Crippen LogP contribution in [0.2, 0.25) is 0 Å². The molecule has 0 bridgehead atoms. The largest absolute Gasteiger partial charge is 0.480 e. The zero-order chi connectivity index (χ0) is 17.7. The molecule has 8 heteroatoms. The Morgan fingerprint density at radius 3 is 2.00 bits per heavy atom. The summed E-state index contributed by atoms with van der Waals surface area (Å²) in [5.74, 6) is -1.86. The van der Waals surface area contributed by atoms with E-state index in [-0.39, 0.29) is 0 Å². The van der Waals surface area contributed by atoms with Gasteiger partial charge in [0, 0.05) is 18.6 Å². The molecule has 0 radical (unpaired) electrons. The zero-order valence-corrected chi connectivity index (χ0v) is 13.3. The summed E-state index contributed by atoms with van der Waals surface area (Å²) in [5, 5.41) is 21.7. The van der Waals surface area contributed by atoms with Crippen LogP contribution in [-0.2, 0) is 9.59 Å². The molecule has 0 aliphatic carbocycles. The molecule has 2 heterocycles. The Balaban J connectivity index is 2.60. The number of hydrazine groups is 1. The summed E-state index contributed by atoms with van der Waals surface area (Å²) in [4.78, 5) is 31.3. The number of carbonyl (C=O) groups is 2. The maximum atomic E-state index is 11.6. The molecule has 0 aliphatic heterocycles. The maximum Gasteiger partial charge on any atom is 0.328 e. The van der Waals surface area contributed by atoms with Gasteiger partial charge < -0.3 is 10.2 Å². The topological polar surface area (TPSA) is 107 Å².